The molecule has 0 spiro atoms. The zero-order chi connectivity index (χ0) is 28.1. The predicted octanol–water partition coefficient (Wildman–Crippen LogP) is 4.54. The van der Waals surface area contributed by atoms with Crippen LogP contribution in [0.25, 0.3) is 22.2 Å². The summed E-state index contributed by atoms with van der Waals surface area (Å²) in [6.07, 6.45) is 0.626. The van der Waals surface area contributed by atoms with Crippen LogP contribution in [-0.4, -0.2) is 34.8 Å². The smallest absolute Gasteiger partial charge is 0.286 e. The van der Waals surface area contributed by atoms with Crippen molar-refractivity contribution in [2.75, 3.05) is 10.6 Å². The maximum atomic E-state index is 14.1. The maximum absolute atomic E-state index is 14.1. The lowest BCUT2D eigenvalue weighted by molar-refractivity contribution is -0.114. The van der Waals surface area contributed by atoms with Crippen LogP contribution in [0.4, 0.5) is 15.2 Å². The zero-order valence-electron chi connectivity index (χ0n) is 21.1. The Morgan fingerprint density at radius 2 is 2.00 bits per heavy atom. The topological polar surface area (TPSA) is 143 Å². The number of halogens is 1. The Morgan fingerprint density at radius 1 is 1.23 bits per heavy atom. The van der Waals surface area contributed by atoms with Gasteiger partial charge in [0.25, 0.3) is 15.6 Å². The van der Waals surface area contributed by atoms with Gasteiger partial charge in [-0.3, -0.25) is 9.59 Å². The largest absolute Gasteiger partial charge is 0.506 e. The molecular weight excluding hydrogens is 545 g/mol. The van der Waals surface area contributed by atoms with Gasteiger partial charge >= 0.3 is 0 Å². The number of aromatic nitrogens is 2. The number of fused-ring (bicyclic) bond motifs is 2. The van der Waals surface area contributed by atoms with E-state index in [2.05, 4.69) is 20.0 Å². The minimum atomic E-state index is -4.32. The fraction of sp³-hybridized carbons (Fsp3) is 0.231. The van der Waals surface area contributed by atoms with Crippen LogP contribution in [0.3, 0.4) is 0 Å². The number of pyridine rings is 1. The van der Waals surface area contributed by atoms with E-state index >= 15 is 0 Å². The first kappa shape index (κ1) is 26.5. The number of aryl methyl sites for hydroxylation is 1. The van der Waals surface area contributed by atoms with Crippen LogP contribution in [0.1, 0.15) is 32.8 Å². The van der Waals surface area contributed by atoms with Gasteiger partial charge < -0.3 is 20.3 Å². The Labute approximate surface area is 226 Å². The molecule has 0 bridgehead atoms. The highest BCUT2D eigenvalue weighted by atomic mass is 32.2. The molecule has 3 heterocycles. The van der Waals surface area contributed by atoms with Crippen molar-refractivity contribution in [1.29, 1.82) is 0 Å². The van der Waals surface area contributed by atoms with E-state index < -0.39 is 27.1 Å². The van der Waals surface area contributed by atoms with Crippen LogP contribution in [0.5, 0.6) is 5.75 Å². The number of rotatable bonds is 6. The molecule has 0 radical (unpaired) electrons. The van der Waals surface area contributed by atoms with Crippen molar-refractivity contribution in [1.82, 2.24) is 9.55 Å². The second-order valence-electron chi connectivity index (χ2n) is 9.49. The fourth-order valence-electron chi connectivity index (χ4n) is 4.28. The number of carbonyl (C=O) groups excluding carboxylic acids is 1. The molecule has 3 N–H and O–H groups in total. The van der Waals surface area contributed by atoms with Gasteiger partial charge in [-0.15, -0.1) is 15.7 Å². The van der Waals surface area contributed by atoms with Gasteiger partial charge in [0.2, 0.25) is 5.91 Å². The van der Waals surface area contributed by atoms with Crippen molar-refractivity contribution in [2.24, 2.45) is 10.3 Å². The van der Waals surface area contributed by atoms with Gasteiger partial charge in [0.15, 0.2) is 11.0 Å². The van der Waals surface area contributed by atoms with Crippen LogP contribution < -0.4 is 16.2 Å². The summed E-state index contributed by atoms with van der Waals surface area (Å²) in [5, 5.41) is 18.6. The second-order valence-corrected chi connectivity index (χ2v) is 11.9. The molecule has 13 heteroatoms. The summed E-state index contributed by atoms with van der Waals surface area (Å²) in [6.45, 7) is 5.62. The number of amidine groups is 1. The van der Waals surface area contributed by atoms with Crippen LogP contribution in [-0.2, 0) is 21.4 Å². The Balaban J connectivity index is 1.61. The summed E-state index contributed by atoms with van der Waals surface area (Å²) in [7, 11) is -4.32. The van der Waals surface area contributed by atoms with Crippen molar-refractivity contribution < 1.29 is 22.7 Å². The molecule has 1 aliphatic heterocycles. The maximum Gasteiger partial charge on any atom is 0.286 e. The number of amides is 1. The van der Waals surface area contributed by atoms with E-state index in [4.69, 9.17) is 0 Å². The first-order valence-corrected chi connectivity index (χ1v) is 14.3. The highest BCUT2D eigenvalue weighted by molar-refractivity contribution is 7.90. The average molecular weight is 570 g/mol. The van der Waals surface area contributed by atoms with E-state index in [0.717, 1.165) is 6.07 Å². The molecule has 4 aromatic rings. The molecule has 1 aliphatic rings. The molecule has 0 fully saturated rings. The highest BCUT2D eigenvalue weighted by Gasteiger charge is 2.30. The minimum absolute atomic E-state index is 0.0647. The Kier molecular flexibility index (Phi) is 6.72. The monoisotopic (exact) mass is 569 g/mol. The van der Waals surface area contributed by atoms with Crippen molar-refractivity contribution in [3.8, 4) is 17.0 Å². The van der Waals surface area contributed by atoms with Crippen molar-refractivity contribution in [3.63, 3.8) is 0 Å². The molecule has 202 valence electrons. The summed E-state index contributed by atoms with van der Waals surface area (Å²) in [5.41, 5.74) is 0.392. The van der Waals surface area contributed by atoms with Gasteiger partial charge in [-0.05, 0) is 42.7 Å². The minimum Gasteiger partial charge on any atom is -0.506 e. The molecule has 2 aromatic heterocycles. The van der Waals surface area contributed by atoms with Gasteiger partial charge in [0.1, 0.15) is 22.0 Å². The number of hydrogen-bond donors (Lipinski definition) is 3. The van der Waals surface area contributed by atoms with Gasteiger partial charge in [-0.2, -0.15) is 8.42 Å². The molecule has 0 saturated heterocycles. The third-order valence-electron chi connectivity index (χ3n) is 6.17. The molecule has 39 heavy (non-hydrogen) atoms. The number of nitrogens with zero attached hydrogens (tertiary/aromatic N) is 3. The normalized spacial score (nSPS) is 14.1. The van der Waals surface area contributed by atoms with E-state index in [-0.39, 0.29) is 45.7 Å². The van der Waals surface area contributed by atoms with Crippen LogP contribution >= 0.6 is 11.3 Å². The molecule has 0 atom stereocenters. The van der Waals surface area contributed by atoms with Crippen molar-refractivity contribution >= 4 is 54.8 Å². The summed E-state index contributed by atoms with van der Waals surface area (Å²) in [5.74, 6) is -1.57. The van der Waals surface area contributed by atoms with Gasteiger partial charge in [-0.1, -0.05) is 19.9 Å². The summed E-state index contributed by atoms with van der Waals surface area (Å²) >= 11 is 1.19. The number of hydrogen-bond acceptors (Lipinski definition) is 8. The Bertz CT molecular complexity index is 1840. The Morgan fingerprint density at radius 3 is 2.72 bits per heavy atom. The number of thiazole rings is 1. The molecule has 2 aromatic carbocycles. The molecule has 10 nitrogen and oxygen atoms in total. The van der Waals surface area contributed by atoms with Gasteiger partial charge in [0.05, 0.1) is 16.9 Å². The van der Waals surface area contributed by atoms with E-state index in [0.29, 0.717) is 28.3 Å². The van der Waals surface area contributed by atoms with Crippen molar-refractivity contribution in [3.05, 3.63) is 63.5 Å². The standard InChI is InChI=1S/C26H24FN5O5S2/c1-13(2)8-9-32-20-7-5-16(27)11-17(20)23(34)22(25(32)35)24-29-18-6-4-15(10-21(18)39(36,37)31-24)19-12-38-26(30-19)28-14(3)33/h4-7,10-13,34H,8-9H2,1-3H3,(H,29,31)(H,28,30,33). The SMILES string of the molecule is CC(=O)Nc1nc(-c2ccc3c(c2)S(=O)(=O)N=C(c2c(O)c4cc(F)ccc4n(CCC(C)C)c2=O)N3)cs1. The lowest BCUT2D eigenvalue weighted by Gasteiger charge is -2.21. The van der Waals surface area contributed by atoms with E-state index in [1.54, 1.807) is 11.4 Å². The second kappa shape index (κ2) is 9.89. The number of anilines is 2. The molecule has 0 unspecified atom stereocenters. The molecule has 1 amide bonds. The number of carbonyl (C=O) groups is 1. The first-order valence-electron chi connectivity index (χ1n) is 12.0. The highest BCUT2D eigenvalue weighted by Crippen LogP contribution is 2.36. The molecule has 5 rings (SSSR count). The van der Waals surface area contributed by atoms with Crippen LogP contribution in [0.2, 0.25) is 0 Å². The average Bonchev–Trinajstić information content (AvgIpc) is 3.31. The zero-order valence-corrected chi connectivity index (χ0v) is 22.8. The number of nitrogens with one attached hydrogen (secondary N) is 2. The van der Waals surface area contributed by atoms with E-state index in [9.17, 15) is 27.5 Å². The summed E-state index contributed by atoms with van der Waals surface area (Å²) in [4.78, 5) is 29.1. The number of sulfonamides is 1. The van der Waals surface area contributed by atoms with E-state index in [1.807, 2.05) is 13.8 Å². The Hall–Kier alpha value is -4.10. The lowest BCUT2D eigenvalue weighted by Crippen LogP contribution is -2.33. The number of benzene rings is 2. The van der Waals surface area contributed by atoms with Gasteiger partial charge in [0, 0.05) is 29.8 Å². The molecule has 0 saturated carbocycles. The quantitative estimate of drug-likeness (QED) is 0.309. The summed E-state index contributed by atoms with van der Waals surface area (Å²) in [6, 6.07) is 8.23. The first-order chi connectivity index (χ1) is 18.4. The van der Waals surface area contributed by atoms with Crippen LogP contribution in [0, 0.1) is 11.7 Å². The molecule has 0 aliphatic carbocycles. The predicted molar refractivity (Wildman–Crippen MR) is 148 cm³/mol. The molecular formula is C26H24FN5O5S2. The summed E-state index contributed by atoms with van der Waals surface area (Å²) < 4.78 is 45.9. The van der Waals surface area contributed by atoms with E-state index in [1.165, 1.54) is 47.1 Å². The van der Waals surface area contributed by atoms with Crippen molar-refractivity contribution in [2.45, 2.75) is 38.6 Å². The fourth-order valence-corrected chi connectivity index (χ4v) is 6.19. The van der Waals surface area contributed by atoms with Gasteiger partial charge in [-0.25, -0.2) is 9.37 Å². The number of aromatic hydroxyl groups is 1. The van der Waals surface area contributed by atoms with Crippen LogP contribution in [0.15, 0.2) is 55.9 Å². The third-order valence-corrected chi connectivity index (χ3v) is 8.25. The lowest BCUT2D eigenvalue weighted by atomic mass is 10.1. The third kappa shape index (κ3) is 5.02.